The predicted octanol–water partition coefficient (Wildman–Crippen LogP) is 14.9. The predicted molar refractivity (Wildman–Crippen MR) is 334 cm³/mol. The van der Waals surface area contributed by atoms with Gasteiger partial charge >= 0.3 is 17.9 Å². The number of benzene rings is 7. The minimum Gasteiger partial charge on any atom is -0.471 e. The van der Waals surface area contributed by atoms with Crippen LogP contribution in [0.5, 0.6) is 5.88 Å². The van der Waals surface area contributed by atoms with E-state index in [1.807, 2.05) is 83.4 Å². The van der Waals surface area contributed by atoms with E-state index >= 15 is 0 Å². The summed E-state index contributed by atoms with van der Waals surface area (Å²) in [5.41, 5.74) is 3.48. The molecular weight excluding hydrogens is 1100 g/mol. The Balaban J connectivity index is 1.10. The van der Waals surface area contributed by atoms with Crippen molar-refractivity contribution in [2.45, 2.75) is 134 Å². The number of hydrogen-bond donors (Lipinski definition) is 1. The number of anilines is 1. The molecule has 2 unspecified atom stereocenters. The van der Waals surface area contributed by atoms with Gasteiger partial charge in [0.05, 0.1) is 41.8 Å². The van der Waals surface area contributed by atoms with E-state index in [4.69, 9.17) is 47.5 Å². The third kappa shape index (κ3) is 12.3. The van der Waals surface area contributed by atoms with E-state index in [1.54, 1.807) is 97.3 Å². The lowest BCUT2D eigenvalue weighted by Gasteiger charge is -2.43. The van der Waals surface area contributed by atoms with Gasteiger partial charge in [-0.3, -0.25) is 4.57 Å². The summed E-state index contributed by atoms with van der Waals surface area (Å²) in [6, 6.07) is 50.2. The normalized spacial score (nSPS) is 20.0. The third-order valence-corrected chi connectivity index (χ3v) is 26.4. The van der Waals surface area contributed by atoms with E-state index in [0.29, 0.717) is 35.3 Å². The van der Waals surface area contributed by atoms with Crippen molar-refractivity contribution in [1.82, 2.24) is 19.5 Å². The summed E-state index contributed by atoms with van der Waals surface area (Å²) in [5.74, 6) is -1.92. The maximum atomic E-state index is 14.9. The molecule has 15 nitrogen and oxygen atoms in total. The molecule has 1 aliphatic heterocycles. The number of nitrogens with one attached hydrogen (secondary N) is 1. The average molecular weight is 1180 g/mol. The number of aromatic nitrogens is 4. The second-order valence-electron chi connectivity index (χ2n) is 25.0. The lowest BCUT2D eigenvalue weighted by Crippen LogP contribution is -2.50. The molecule has 11 rings (SSSR count). The van der Waals surface area contributed by atoms with Gasteiger partial charge in [-0.1, -0.05) is 175 Å². The molecule has 2 aliphatic rings. The number of fused-ring (bicyclic) bond motifs is 6. The smallest absolute Gasteiger partial charge is 0.338 e. The maximum absolute atomic E-state index is 14.9. The minimum atomic E-state index is -2.35. The van der Waals surface area contributed by atoms with Gasteiger partial charge in [0.25, 0.3) is 0 Å². The maximum Gasteiger partial charge on any atom is 0.338 e. The Morgan fingerprint density at radius 3 is 1.78 bits per heavy atom. The first-order chi connectivity index (χ1) is 40.6. The molecule has 17 heteroatoms. The fraction of sp³-hybridized carbons (Fsp3) is 0.324. The average Bonchev–Trinajstić information content (AvgIpc) is 1.17. The van der Waals surface area contributed by atoms with Gasteiger partial charge < -0.3 is 37.9 Å². The largest absolute Gasteiger partial charge is 0.471 e. The quantitative estimate of drug-likeness (QED) is 0.0395. The molecular formula is C68H73N5O10Si2. The highest BCUT2D eigenvalue weighted by Crippen LogP contribution is 2.49. The summed E-state index contributed by atoms with van der Waals surface area (Å²) in [6.45, 7) is 22.8. The number of hydrogen-bond acceptors (Lipinski definition) is 14. The Bertz CT molecular complexity index is 3870. The van der Waals surface area contributed by atoms with Gasteiger partial charge in [-0.05, 0) is 105 Å². The summed E-state index contributed by atoms with van der Waals surface area (Å²) in [6.07, 6.45) is -3.43. The highest BCUT2D eigenvalue weighted by atomic mass is 28.4. The van der Waals surface area contributed by atoms with E-state index in [2.05, 4.69) is 73.0 Å². The molecule has 0 amide bonds. The van der Waals surface area contributed by atoms with E-state index < -0.39 is 71.2 Å². The van der Waals surface area contributed by atoms with E-state index in [-0.39, 0.29) is 51.3 Å². The Morgan fingerprint density at radius 1 is 0.624 bits per heavy atom. The second-order valence-corrected chi connectivity index (χ2v) is 34.6. The number of esters is 3. The van der Waals surface area contributed by atoms with Crippen molar-refractivity contribution < 1.29 is 46.9 Å². The van der Waals surface area contributed by atoms with Gasteiger partial charge in [0.1, 0.15) is 18.9 Å². The highest BCUT2D eigenvalue weighted by Gasteiger charge is 2.52. The van der Waals surface area contributed by atoms with E-state index in [1.165, 1.54) is 0 Å². The van der Waals surface area contributed by atoms with Crippen molar-refractivity contribution in [3.05, 3.63) is 210 Å². The van der Waals surface area contributed by atoms with Crippen LogP contribution in [0.3, 0.4) is 0 Å². The zero-order chi connectivity index (χ0) is 59.8. The third-order valence-electron chi connectivity index (χ3n) is 17.4. The van der Waals surface area contributed by atoms with Crippen LogP contribution in [0.2, 0.25) is 36.3 Å². The van der Waals surface area contributed by atoms with Crippen molar-refractivity contribution in [2.75, 3.05) is 11.9 Å². The van der Waals surface area contributed by atoms with Crippen LogP contribution in [0.25, 0.3) is 32.7 Å². The fourth-order valence-electron chi connectivity index (χ4n) is 10.6. The fourth-order valence-corrected chi connectivity index (χ4v) is 13.0. The number of carbonyl (C=O) groups excluding carboxylic acids is 3. The molecule has 1 fully saturated rings. The van der Waals surface area contributed by atoms with Crippen LogP contribution >= 0.6 is 0 Å². The van der Waals surface area contributed by atoms with Crippen molar-refractivity contribution in [3.63, 3.8) is 0 Å². The lowest BCUT2D eigenvalue weighted by atomic mass is 9.77. The van der Waals surface area contributed by atoms with Crippen LogP contribution in [0.1, 0.15) is 114 Å². The van der Waals surface area contributed by atoms with Gasteiger partial charge in [-0.2, -0.15) is 9.97 Å². The molecule has 2 aromatic heterocycles. The van der Waals surface area contributed by atoms with Gasteiger partial charge in [-0.15, -0.1) is 0 Å². The van der Waals surface area contributed by atoms with Gasteiger partial charge in [-0.25, -0.2) is 19.4 Å². The van der Waals surface area contributed by atoms with Crippen LogP contribution in [0, 0.1) is 0 Å². The first-order valence-electron chi connectivity index (χ1n) is 29.0. The molecule has 1 saturated heterocycles. The first-order valence-corrected chi connectivity index (χ1v) is 34.8. The Hall–Kier alpha value is -8.07. The Kier molecular flexibility index (Phi) is 16.4. The van der Waals surface area contributed by atoms with Crippen molar-refractivity contribution in [1.29, 1.82) is 0 Å². The highest BCUT2D eigenvalue weighted by molar-refractivity contribution is 6.74. The topological polar surface area (TPSA) is 171 Å². The van der Waals surface area contributed by atoms with Gasteiger partial charge in [0.2, 0.25) is 11.8 Å². The summed E-state index contributed by atoms with van der Waals surface area (Å²) in [4.78, 5) is 59.6. The number of rotatable bonds is 17. The molecule has 438 valence electrons. The molecule has 0 bridgehead atoms. The Labute approximate surface area is 498 Å². The molecule has 0 radical (unpaired) electrons. The number of imidazole rings is 1. The molecule has 3 heterocycles. The molecule has 9 aromatic rings. The first kappa shape index (κ1) is 58.7. The van der Waals surface area contributed by atoms with Crippen molar-refractivity contribution >= 4 is 73.2 Å². The molecule has 0 saturated carbocycles. The van der Waals surface area contributed by atoms with Crippen molar-refractivity contribution in [3.8, 4) is 5.88 Å². The molecule has 7 atom stereocenters. The molecule has 7 aromatic carbocycles. The standard InChI is InChI=1S/C68H73N5O10Si2/c1-67(2,3)84(7,8)78-41-52-51(83-85(9,10)68(4,5)6)39-53(79-52)73-42-69-57-61(73)71-66(72-62(57)77-40-43-25-15-11-16-26-43)70-56-55-50(38-37-45-36-35-44-27-23-24-34-49(44)54(45)55)58(80-63(74)46-28-17-12-18-29-46)60(82-65(76)48-32-21-14-22-33-48)59(56)81-64(75)47-30-19-13-20-31-47/h11-38,42,51-53,56,58-60H,39-41H2,1-10H3,(H,70,71,72)/t51-,52+,53+,56?,58+,59?,60-/m0/s1. The van der Waals surface area contributed by atoms with Crippen LogP contribution in [-0.4, -0.2) is 85.1 Å². The zero-order valence-corrected chi connectivity index (χ0v) is 51.8. The summed E-state index contributed by atoms with van der Waals surface area (Å²) < 4.78 is 49.9. The molecule has 1 N–H and O–H groups in total. The lowest BCUT2D eigenvalue weighted by molar-refractivity contribution is -0.101. The van der Waals surface area contributed by atoms with Crippen LogP contribution in [0.15, 0.2) is 176 Å². The van der Waals surface area contributed by atoms with Gasteiger partial charge in [0.15, 0.2) is 46.1 Å². The summed E-state index contributed by atoms with van der Waals surface area (Å²) in [5, 5.41) is 6.96. The number of ether oxygens (including phenoxy) is 5. The Morgan fingerprint density at radius 2 is 1.16 bits per heavy atom. The molecule has 0 spiro atoms. The number of nitrogens with zero attached hydrogens (tertiary/aromatic N) is 4. The summed E-state index contributed by atoms with van der Waals surface area (Å²) >= 11 is 0. The minimum absolute atomic E-state index is 0.0357. The van der Waals surface area contributed by atoms with Gasteiger partial charge in [0, 0.05) is 12.0 Å². The van der Waals surface area contributed by atoms with E-state index in [0.717, 1.165) is 27.1 Å². The van der Waals surface area contributed by atoms with Crippen LogP contribution in [-0.2, 0) is 34.4 Å². The van der Waals surface area contributed by atoms with E-state index in [9.17, 15) is 14.4 Å². The van der Waals surface area contributed by atoms with Crippen LogP contribution < -0.4 is 10.1 Å². The van der Waals surface area contributed by atoms with Crippen molar-refractivity contribution in [2.24, 2.45) is 0 Å². The van der Waals surface area contributed by atoms with Crippen LogP contribution in [0.4, 0.5) is 5.95 Å². The zero-order valence-electron chi connectivity index (χ0n) is 49.8. The number of carbonyl (C=O) groups is 3. The summed E-state index contributed by atoms with van der Waals surface area (Å²) in [7, 11) is -4.58. The monoisotopic (exact) mass is 1180 g/mol. The SMILES string of the molecule is CC(C)(C)[Si](C)(C)OC[C@H]1O[C@@H](n2cnc3c(OCc4ccccc4)nc(NC4c5c(ccc6ccc7ccccc7c56)[C@@H](OC(=O)c5ccccc5)[C@H](OC(=O)c5ccccc5)C4OC(=O)c4ccccc4)nc32)C[C@@H]1O[Si](C)(C)C(C)(C)C. The molecule has 85 heavy (non-hydrogen) atoms. The molecule has 1 aliphatic carbocycles. The second kappa shape index (κ2) is 23.8.